The molecule has 0 atom stereocenters. The summed E-state index contributed by atoms with van der Waals surface area (Å²) >= 11 is 3.49. The van der Waals surface area contributed by atoms with E-state index in [0.29, 0.717) is 21.5 Å². The number of nitrogens with zero attached hydrogens (tertiary/aromatic N) is 3. The van der Waals surface area contributed by atoms with Crippen LogP contribution in [-0.4, -0.2) is 20.7 Å². The van der Waals surface area contributed by atoms with Crippen LogP contribution in [0, 0.1) is 10.5 Å². The molecule has 5 aromatic rings. The van der Waals surface area contributed by atoms with Gasteiger partial charge in [0, 0.05) is 14.7 Å². The molecule has 0 amide bonds. The molecule has 2 heterocycles. The van der Waals surface area contributed by atoms with E-state index in [1.165, 1.54) is 11.3 Å². The molecule has 0 aliphatic carbocycles. The molecule has 3 aromatic carbocycles. The standard InChI is InChI=1S/C26H18IN3O2S/c1-17-24(25(31)32-21-14-12-20(27)13-15-21)33-26(28-17)30-23(19-10-6-3-7-11-19)16-22(29-30)18-8-4-2-5-9-18/h2-16H,1H3. The Morgan fingerprint density at radius 1 is 0.909 bits per heavy atom. The summed E-state index contributed by atoms with van der Waals surface area (Å²) in [5, 5.41) is 5.46. The zero-order chi connectivity index (χ0) is 22.8. The maximum Gasteiger partial charge on any atom is 0.355 e. The number of ether oxygens (including phenoxy) is 1. The van der Waals surface area contributed by atoms with Crippen LogP contribution in [0.25, 0.3) is 27.6 Å². The molecule has 0 radical (unpaired) electrons. The largest absolute Gasteiger partial charge is 0.422 e. The van der Waals surface area contributed by atoms with Crippen LogP contribution in [0.15, 0.2) is 91.0 Å². The number of aromatic nitrogens is 3. The summed E-state index contributed by atoms with van der Waals surface area (Å²) in [5.41, 5.74) is 4.38. The number of thiazole rings is 1. The van der Waals surface area contributed by atoms with E-state index in [0.717, 1.165) is 26.1 Å². The van der Waals surface area contributed by atoms with Crippen molar-refractivity contribution in [2.75, 3.05) is 0 Å². The monoisotopic (exact) mass is 563 g/mol. The fourth-order valence-corrected chi connectivity index (χ4v) is 4.68. The highest BCUT2D eigenvalue weighted by Gasteiger charge is 2.21. The first-order valence-electron chi connectivity index (χ1n) is 10.2. The Labute approximate surface area is 208 Å². The third-order valence-electron chi connectivity index (χ3n) is 5.02. The lowest BCUT2D eigenvalue weighted by molar-refractivity contribution is 0.0739. The van der Waals surface area contributed by atoms with Gasteiger partial charge in [-0.3, -0.25) is 0 Å². The summed E-state index contributed by atoms with van der Waals surface area (Å²) in [5.74, 6) is 0.0827. The Bertz CT molecular complexity index is 1410. The molecule has 2 aromatic heterocycles. The Kier molecular flexibility index (Phi) is 6.06. The van der Waals surface area contributed by atoms with E-state index in [1.807, 2.05) is 85.8 Å². The van der Waals surface area contributed by atoms with E-state index in [2.05, 4.69) is 27.6 Å². The van der Waals surface area contributed by atoms with Crippen LogP contribution in [-0.2, 0) is 0 Å². The van der Waals surface area contributed by atoms with Gasteiger partial charge in [0.05, 0.1) is 17.1 Å². The summed E-state index contributed by atoms with van der Waals surface area (Å²) in [7, 11) is 0. The highest BCUT2D eigenvalue weighted by molar-refractivity contribution is 14.1. The lowest BCUT2D eigenvalue weighted by Crippen LogP contribution is -2.07. The number of carbonyl (C=O) groups is 1. The van der Waals surface area contributed by atoms with Gasteiger partial charge >= 0.3 is 5.97 Å². The van der Waals surface area contributed by atoms with Crippen LogP contribution in [0.4, 0.5) is 0 Å². The van der Waals surface area contributed by atoms with E-state index < -0.39 is 5.97 Å². The number of hydrogen-bond acceptors (Lipinski definition) is 5. The van der Waals surface area contributed by atoms with Crippen LogP contribution in [0.1, 0.15) is 15.4 Å². The molecule has 0 unspecified atom stereocenters. The Morgan fingerprint density at radius 2 is 1.55 bits per heavy atom. The first-order valence-corrected chi connectivity index (χ1v) is 12.1. The van der Waals surface area contributed by atoms with Gasteiger partial charge in [-0.1, -0.05) is 72.0 Å². The third kappa shape index (κ3) is 4.60. The molecule has 162 valence electrons. The number of esters is 1. The quantitative estimate of drug-likeness (QED) is 0.134. The smallest absolute Gasteiger partial charge is 0.355 e. The number of aryl methyl sites for hydroxylation is 1. The van der Waals surface area contributed by atoms with Crippen molar-refractivity contribution in [2.45, 2.75) is 6.92 Å². The summed E-state index contributed by atoms with van der Waals surface area (Å²) < 4.78 is 8.45. The molecule has 0 bridgehead atoms. The van der Waals surface area contributed by atoms with Gasteiger partial charge in [-0.2, -0.15) is 5.10 Å². The Hall–Kier alpha value is -3.30. The van der Waals surface area contributed by atoms with Crippen LogP contribution < -0.4 is 4.74 Å². The van der Waals surface area contributed by atoms with Crippen LogP contribution in [0.2, 0.25) is 0 Å². The summed E-state index contributed by atoms with van der Waals surface area (Å²) in [6, 6.07) is 29.5. The highest BCUT2D eigenvalue weighted by Crippen LogP contribution is 2.31. The maximum atomic E-state index is 12.9. The minimum absolute atomic E-state index is 0.422. The normalized spacial score (nSPS) is 10.8. The van der Waals surface area contributed by atoms with Crippen molar-refractivity contribution in [1.29, 1.82) is 0 Å². The van der Waals surface area contributed by atoms with Gasteiger partial charge in [-0.15, -0.1) is 0 Å². The molecular formula is C26H18IN3O2S. The average Bonchev–Trinajstić information content (AvgIpc) is 3.46. The van der Waals surface area contributed by atoms with E-state index in [4.69, 9.17) is 9.84 Å². The molecule has 0 saturated carbocycles. The molecule has 0 aliphatic rings. The van der Waals surface area contributed by atoms with E-state index >= 15 is 0 Å². The fourth-order valence-electron chi connectivity index (χ4n) is 3.41. The topological polar surface area (TPSA) is 57.0 Å². The SMILES string of the molecule is Cc1nc(-n2nc(-c3ccccc3)cc2-c2ccccc2)sc1C(=O)Oc1ccc(I)cc1. The zero-order valence-corrected chi connectivity index (χ0v) is 20.6. The van der Waals surface area contributed by atoms with Crippen molar-refractivity contribution in [3.8, 4) is 33.4 Å². The summed E-state index contributed by atoms with van der Waals surface area (Å²) in [6.45, 7) is 1.81. The molecular weight excluding hydrogens is 545 g/mol. The van der Waals surface area contributed by atoms with Crippen LogP contribution in [0.5, 0.6) is 5.75 Å². The number of hydrogen-bond donors (Lipinski definition) is 0. The number of halogens is 1. The van der Waals surface area contributed by atoms with E-state index in [9.17, 15) is 4.79 Å². The Balaban J connectivity index is 1.54. The number of benzene rings is 3. The predicted octanol–water partition coefficient (Wildman–Crippen LogP) is 6.80. The van der Waals surface area contributed by atoms with Crippen molar-refractivity contribution in [1.82, 2.24) is 14.8 Å². The van der Waals surface area contributed by atoms with E-state index in [-0.39, 0.29) is 0 Å². The van der Waals surface area contributed by atoms with Crippen molar-refractivity contribution in [3.63, 3.8) is 0 Å². The lowest BCUT2D eigenvalue weighted by atomic mass is 10.1. The van der Waals surface area contributed by atoms with Crippen molar-refractivity contribution in [2.24, 2.45) is 0 Å². The minimum Gasteiger partial charge on any atom is -0.422 e. The lowest BCUT2D eigenvalue weighted by Gasteiger charge is -2.04. The zero-order valence-electron chi connectivity index (χ0n) is 17.6. The van der Waals surface area contributed by atoms with Gasteiger partial charge < -0.3 is 4.74 Å². The maximum absolute atomic E-state index is 12.9. The van der Waals surface area contributed by atoms with Crippen LogP contribution >= 0.6 is 33.9 Å². The molecule has 33 heavy (non-hydrogen) atoms. The first-order chi connectivity index (χ1) is 16.1. The molecule has 0 spiro atoms. The molecule has 0 aliphatic heterocycles. The second-order valence-electron chi connectivity index (χ2n) is 7.31. The number of rotatable bonds is 5. The van der Waals surface area contributed by atoms with E-state index in [1.54, 1.807) is 16.8 Å². The minimum atomic E-state index is -0.422. The fraction of sp³-hybridized carbons (Fsp3) is 0.0385. The highest BCUT2D eigenvalue weighted by atomic mass is 127. The summed E-state index contributed by atoms with van der Waals surface area (Å²) in [4.78, 5) is 18.0. The third-order valence-corrected chi connectivity index (χ3v) is 6.86. The van der Waals surface area contributed by atoms with Gasteiger partial charge in [-0.25, -0.2) is 14.5 Å². The van der Waals surface area contributed by atoms with Gasteiger partial charge in [0.2, 0.25) is 5.13 Å². The molecule has 0 saturated heterocycles. The second kappa shape index (κ2) is 9.29. The molecule has 0 fully saturated rings. The molecule has 5 rings (SSSR count). The number of carbonyl (C=O) groups excluding carboxylic acids is 1. The van der Waals surface area contributed by atoms with Gasteiger partial charge in [0.25, 0.3) is 0 Å². The second-order valence-corrected chi connectivity index (χ2v) is 9.54. The Morgan fingerprint density at radius 3 is 2.21 bits per heavy atom. The van der Waals surface area contributed by atoms with Crippen molar-refractivity contribution < 1.29 is 9.53 Å². The first kappa shape index (κ1) is 21.5. The van der Waals surface area contributed by atoms with Gasteiger partial charge in [0.1, 0.15) is 10.6 Å². The van der Waals surface area contributed by atoms with Crippen molar-refractivity contribution >= 4 is 39.9 Å². The van der Waals surface area contributed by atoms with Crippen molar-refractivity contribution in [3.05, 3.63) is 105 Å². The van der Waals surface area contributed by atoms with Crippen LogP contribution in [0.3, 0.4) is 0 Å². The molecule has 7 heteroatoms. The van der Waals surface area contributed by atoms with Gasteiger partial charge in [0.15, 0.2) is 0 Å². The predicted molar refractivity (Wildman–Crippen MR) is 139 cm³/mol. The average molecular weight is 563 g/mol. The molecule has 5 nitrogen and oxygen atoms in total. The summed E-state index contributed by atoms with van der Waals surface area (Å²) in [6.07, 6.45) is 0. The van der Waals surface area contributed by atoms with Gasteiger partial charge in [-0.05, 0) is 59.8 Å². The molecule has 0 N–H and O–H groups in total.